The van der Waals surface area contributed by atoms with Crippen LogP contribution in [-0.2, 0) is 6.54 Å². The van der Waals surface area contributed by atoms with Crippen molar-refractivity contribution in [3.05, 3.63) is 58.4 Å². The molecule has 0 atom stereocenters. The summed E-state index contributed by atoms with van der Waals surface area (Å²) < 4.78 is 14.0. The van der Waals surface area contributed by atoms with Gasteiger partial charge in [-0.25, -0.2) is 4.39 Å². The average Bonchev–Trinajstić information content (AvgIpc) is 3.22. The second-order valence-electron chi connectivity index (χ2n) is 5.43. The number of halogens is 2. The minimum absolute atomic E-state index is 0.274. The van der Waals surface area contributed by atoms with Crippen LogP contribution in [0.15, 0.2) is 36.4 Å². The normalized spacial score (nSPS) is 14.6. The van der Waals surface area contributed by atoms with E-state index in [9.17, 15) is 4.39 Å². The number of rotatable bonds is 4. The molecule has 20 heavy (non-hydrogen) atoms. The zero-order chi connectivity index (χ0) is 14.1. The van der Waals surface area contributed by atoms with Crippen LogP contribution in [-0.4, -0.2) is 6.04 Å². The highest BCUT2D eigenvalue weighted by atomic mass is 35.5. The molecule has 1 aliphatic rings. The Bertz CT molecular complexity index is 635. The summed E-state index contributed by atoms with van der Waals surface area (Å²) >= 11 is 5.80. The molecule has 0 radical (unpaired) electrons. The highest BCUT2D eigenvalue weighted by Crippen LogP contribution is 2.29. The lowest BCUT2D eigenvalue weighted by atomic mass is 9.98. The molecule has 0 spiro atoms. The maximum atomic E-state index is 14.0. The molecule has 3 rings (SSSR count). The van der Waals surface area contributed by atoms with Gasteiger partial charge >= 0.3 is 0 Å². The topological polar surface area (TPSA) is 12.0 Å². The summed E-state index contributed by atoms with van der Waals surface area (Å²) in [6.45, 7) is 2.90. The standard InChI is InChI=1S/C17H17ClFN/c1-11-8-12(10-20-14-4-5-14)2-6-15(11)16-7-3-13(18)9-17(16)19/h2-3,6-9,14,20H,4-5,10H2,1H3. The fourth-order valence-corrected chi connectivity index (χ4v) is 2.55. The van der Waals surface area contributed by atoms with Crippen molar-refractivity contribution in [2.45, 2.75) is 32.4 Å². The monoisotopic (exact) mass is 289 g/mol. The first-order chi connectivity index (χ1) is 9.63. The van der Waals surface area contributed by atoms with Gasteiger partial charge in [-0.05, 0) is 54.7 Å². The first-order valence-electron chi connectivity index (χ1n) is 6.92. The van der Waals surface area contributed by atoms with E-state index in [1.54, 1.807) is 12.1 Å². The summed E-state index contributed by atoms with van der Waals surface area (Å²) in [4.78, 5) is 0. The van der Waals surface area contributed by atoms with Gasteiger partial charge in [0.25, 0.3) is 0 Å². The van der Waals surface area contributed by atoms with Gasteiger partial charge in [-0.1, -0.05) is 29.8 Å². The second kappa shape index (κ2) is 5.55. The summed E-state index contributed by atoms with van der Waals surface area (Å²) in [5, 5.41) is 3.91. The van der Waals surface area contributed by atoms with Crippen LogP contribution >= 0.6 is 11.6 Å². The first kappa shape index (κ1) is 13.6. The van der Waals surface area contributed by atoms with Crippen LogP contribution in [0.5, 0.6) is 0 Å². The Hall–Kier alpha value is -1.38. The molecule has 104 valence electrons. The molecule has 2 aromatic rings. The van der Waals surface area contributed by atoms with E-state index in [0.717, 1.165) is 17.7 Å². The van der Waals surface area contributed by atoms with Crippen LogP contribution in [0, 0.1) is 12.7 Å². The van der Waals surface area contributed by atoms with Crippen LogP contribution in [0.1, 0.15) is 24.0 Å². The third kappa shape index (κ3) is 3.02. The molecule has 0 unspecified atom stereocenters. The molecule has 0 aromatic heterocycles. The predicted octanol–water partition coefficient (Wildman–Crippen LogP) is 4.71. The molecule has 1 saturated carbocycles. The van der Waals surface area contributed by atoms with Crippen molar-refractivity contribution in [3.8, 4) is 11.1 Å². The molecule has 0 saturated heterocycles. The SMILES string of the molecule is Cc1cc(CNC2CC2)ccc1-c1ccc(Cl)cc1F. The van der Waals surface area contributed by atoms with Crippen molar-refractivity contribution in [1.82, 2.24) is 5.32 Å². The second-order valence-corrected chi connectivity index (χ2v) is 5.87. The van der Waals surface area contributed by atoms with Gasteiger partial charge in [-0.15, -0.1) is 0 Å². The van der Waals surface area contributed by atoms with E-state index in [1.807, 2.05) is 13.0 Å². The summed E-state index contributed by atoms with van der Waals surface area (Å²) in [5.74, 6) is -0.274. The Morgan fingerprint density at radius 1 is 1.15 bits per heavy atom. The largest absolute Gasteiger partial charge is 0.310 e. The van der Waals surface area contributed by atoms with Crippen LogP contribution in [0.25, 0.3) is 11.1 Å². The molecule has 3 heteroatoms. The Balaban J connectivity index is 1.85. The van der Waals surface area contributed by atoms with Gasteiger partial charge in [-0.3, -0.25) is 0 Å². The molecule has 0 aliphatic heterocycles. The molecule has 1 fully saturated rings. The van der Waals surface area contributed by atoms with E-state index in [2.05, 4.69) is 17.4 Å². The minimum Gasteiger partial charge on any atom is -0.310 e. The number of hydrogen-bond acceptors (Lipinski definition) is 1. The lowest BCUT2D eigenvalue weighted by molar-refractivity contribution is 0.631. The van der Waals surface area contributed by atoms with E-state index in [-0.39, 0.29) is 5.82 Å². The summed E-state index contributed by atoms with van der Waals surface area (Å²) in [6, 6.07) is 11.7. The minimum atomic E-state index is -0.274. The van der Waals surface area contributed by atoms with Crippen molar-refractivity contribution < 1.29 is 4.39 Å². The smallest absolute Gasteiger partial charge is 0.132 e. The van der Waals surface area contributed by atoms with Gasteiger partial charge in [0, 0.05) is 23.2 Å². The Morgan fingerprint density at radius 3 is 2.55 bits per heavy atom. The van der Waals surface area contributed by atoms with Gasteiger partial charge in [0.15, 0.2) is 0 Å². The van der Waals surface area contributed by atoms with E-state index in [0.29, 0.717) is 16.6 Å². The quantitative estimate of drug-likeness (QED) is 0.860. The van der Waals surface area contributed by atoms with Crippen LogP contribution in [0.2, 0.25) is 5.02 Å². The number of benzene rings is 2. The third-order valence-corrected chi connectivity index (χ3v) is 3.92. The van der Waals surface area contributed by atoms with Gasteiger partial charge in [0.2, 0.25) is 0 Å². The van der Waals surface area contributed by atoms with Gasteiger partial charge < -0.3 is 5.32 Å². The number of hydrogen-bond donors (Lipinski definition) is 1. The molecule has 1 aliphatic carbocycles. The summed E-state index contributed by atoms with van der Waals surface area (Å²) in [6.07, 6.45) is 2.57. The molecular formula is C17H17ClFN. The van der Waals surface area contributed by atoms with Gasteiger partial charge in [0.1, 0.15) is 5.82 Å². The van der Waals surface area contributed by atoms with E-state index in [4.69, 9.17) is 11.6 Å². The van der Waals surface area contributed by atoms with Crippen LogP contribution in [0.3, 0.4) is 0 Å². The highest BCUT2D eigenvalue weighted by Gasteiger charge is 2.20. The van der Waals surface area contributed by atoms with Crippen molar-refractivity contribution in [2.24, 2.45) is 0 Å². The molecule has 0 bridgehead atoms. The van der Waals surface area contributed by atoms with E-state index >= 15 is 0 Å². The molecule has 2 aromatic carbocycles. The van der Waals surface area contributed by atoms with E-state index in [1.165, 1.54) is 24.5 Å². The lowest BCUT2D eigenvalue weighted by Gasteiger charge is -2.10. The summed E-state index contributed by atoms with van der Waals surface area (Å²) in [7, 11) is 0. The average molecular weight is 290 g/mol. The lowest BCUT2D eigenvalue weighted by Crippen LogP contribution is -2.15. The first-order valence-corrected chi connectivity index (χ1v) is 7.29. The fourth-order valence-electron chi connectivity index (χ4n) is 2.40. The molecule has 0 heterocycles. The molecular weight excluding hydrogens is 273 g/mol. The number of aryl methyl sites for hydroxylation is 1. The number of nitrogens with one attached hydrogen (secondary N) is 1. The zero-order valence-electron chi connectivity index (χ0n) is 11.4. The molecule has 0 amide bonds. The maximum absolute atomic E-state index is 14.0. The van der Waals surface area contributed by atoms with Crippen molar-refractivity contribution >= 4 is 11.6 Å². The Morgan fingerprint density at radius 2 is 1.90 bits per heavy atom. The van der Waals surface area contributed by atoms with E-state index < -0.39 is 0 Å². The Kier molecular flexibility index (Phi) is 3.77. The van der Waals surface area contributed by atoms with Crippen molar-refractivity contribution in [2.75, 3.05) is 0 Å². The molecule has 1 nitrogen and oxygen atoms in total. The highest BCUT2D eigenvalue weighted by molar-refractivity contribution is 6.30. The maximum Gasteiger partial charge on any atom is 0.132 e. The fraction of sp³-hybridized carbons (Fsp3) is 0.294. The Labute approximate surface area is 123 Å². The third-order valence-electron chi connectivity index (χ3n) is 3.68. The zero-order valence-corrected chi connectivity index (χ0v) is 12.2. The van der Waals surface area contributed by atoms with Gasteiger partial charge in [-0.2, -0.15) is 0 Å². The van der Waals surface area contributed by atoms with Crippen LogP contribution < -0.4 is 5.32 Å². The van der Waals surface area contributed by atoms with Crippen LogP contribution in [0.4, 0.5) is 4.39 Å². The van der Waals surface area contributed by atoms with Crippen molar-refractivity contribution in [1.29, 1.82) is 0 Å². The molecule has 1 N–H and O–H groups in total. The summed E-state index contributed by atoms with van der Waals surface area (Å²) in [5.41, 5.74) is 3.86. The van der Waals surface area contributed by atoms with Crippen molar-refractivity contribution in [3.63, 3.8) is 0 Å². The predicted molar refractivity (Wildman–Crippen MR) is 81.4 cm³/mol. The van der Waals surface area contributed by atoms with Gasteiger partial charge in [0.05, 0.1) is 0 Å².